The number of benzene rings is 2. The zero-order valence-electron chi connectivity index (χ0n) is 29.8. The second-order valence-electron chi connectivity index (χ2n) is 16.0. The van der Waals surface area contributed by atoms with Crippen LogP contribution >= 0.6 is 0 Å². The fourth-order valence-corrected chi connectivity index (χ4v) is 7.65. The second kappa shape index (κ2) is 12.0. The Bertz CT molecular complexity index is 1660. The highest BCUT2D eigenvalue weighted by atomic mass is 16.6. The number of amides is 2. The monoisotopic (exact) mass is 672 g/mol. The first-order valence-electron chi connectivity index (χ1n) is 17.1. The molecule has 0 aromatic heterocycles. The molecule has 262 valence electrons. The van der Waals surface area contributed by atoms with E-state index in [1.165, 1.54) is 6.26 Å². The summed E-state index contributed by atoms with van der Waals surface area (Å²) >= 11 is 0. The lowest BCUT2D eigenvalue weighted by molar-refractivity contribution is -0.171. The van der Waals surface area contributed by atoms with Gasteiger partial charge >= 0.3 is 11.9 Å². The smallest absolute Gasteiger partial charge is 0.322 e. The van der Waals surface area contributed by atoms with E-state index in [2.05, 4.69) is 0 Å². The molecule has 1 aliphatic carbocycles. The van der Waals surface area contributed by atoms with Gasteiger partial charge in [0.1, 0.15) is 23.2 Å². The van der Waals surface area contributed by atoms with Crippen molar-refractivity contribution in [1.29, 1.82) is 0 Å². The molecule has 0 bridgehead atoms. The van der Waals surface area contributed by atoms with Crippen LogP contribution in [-0.4, -0.2) is 77.2 Å². The molecule has 2 aromatic rings. The van der Waals surface area contributed by atoms with E-state index in [9.17, 15) is 19.2 Å². The van der Waals surface area contributed by atoms with E-state index >= 15 is 0 Å². The largest absolute Gasteiger partial charge is 0.499 e. The lowest BCUT2D eigenvalue weighted by Gasteiger charge is -2.31. The van der Waals surface area contributed by atoms with Crippen molar-refractivity contribution >= 4 is 23.8 Å². The fourth-order valence-electron chi connectivity index (χ4n) is 7.65. The molecule has 4 fully saturated rings. The van der Waals surface area contributed by atoms with Crippen LogP contribution in [0.25, 0.3) is 0 Å². The van der Waals surface area contributed by atoms with Gasteiger partial charge in [0.25, 0.3) is 5.91 Å². The number of carbonyl (C=O) groups excluding carboxylic acids is 4. The standard InChI is InChI=1S/C20H25NO4.C19H23NO4/c1-13(14-8-6-5-7-9-14)21-11-19(17(23)25-18(2,3)4)12-24-15-10-20(15,19)16(21)22;1-13(14-8-6-5-7-9-14)20-11-19(17(22)24-18(2,3)4)12-23-10-15(19)16(20)21/h5-9,13,15H,10-12H2,1-4H3;5-10,13H,11-12H2,1-4H3/t13-,15?,19-,20?;13-,19+/m11/s1. The number of rotatable bonds is 6. The van der Waals surface area contributed by atoms with Crippen LogP contribution in [0.4, 0.5) is 0 Å². The third-order valence-electron chi connectivity index (χ3n) is 10.4. The average Bonchev–Trinajstić information content (AvgIpc) is 3.27. The molecule has 5 aliphatic rings. The Labute approximate surface area is 288 Å². The normalized spacial score (nSPS) is 29.5. The summed E-state index contributed by atoms with van der Waals surface area (Å²) in [6, 6.07) is 19.5. The van der Waals surface area contributed by atoms with Crippen LogP contribution in [-0.2, 0) is 38.1 Å². The molecule has 1 spiro atoms. The first kappa shape index (κ1) is 34.7. The lowest BCUT2D eigenvalue weighted by Crippen LogP contribution is -2.45. The molecule has 49 heavy (non-hydrogen) atoms. The molecule has 10 nitrogen and oxygen atoms in total. The number of likely N-dealkylation sites (tertiary alicyclic amines) is 2. The van der Waals surface area contributed by atoms with Crippen LogP contribution in [0.15, 0.2) is 72.5 Å². The minimum Gasteiger partial charge on any atom is -0.499 e. The molecule has 0 radical (unpaired) electrons. The number of hydrogen-bond acceptors (Lipinski definition) is 8. The van der Waals surface area contributed by atoms with Crippen molar-refractivity contribution in [2.24, 2.45) is 16.2 Å². The SMILES string of the molecule is C[C@H](c1ccccc1)N1C[C@]2(C(=O)OC(C)(C)C)COC3CC32C1=O.C[C@H](c1ccccc1)N1C[C@]2(C(=O)OC(C)(C)C)COC=C2C1=O. The van der Waals surface area contributed by atoms with Crippen molar-refractivity contribution < 1.29 is 38.1 Å². The lowest BCUT2D eigenvalue weighted by atomic mass is 9.76. The van der Waals surface area contributed by atoms with E-state index < -0.39 is 33.4 Å². The Hall–Kier alpha value is -4.18. The number of fused-ring (bicyclic) bond motifs is 1. The Morgan fingerprint density at radius 2 is 1.31 bits per heavy atom. The summed E-state index contributed by atoms with van der Waals surface area (Å²) in [5, 5.41) is 0. The van der Waals surface area contributed by atoms with Crippen molar-refractivity contribution in [3.8, 4) is 0 Å². The minimum absolute atomic E-state index is 0.0391. The molecule has 1 saturated carbocycles. The Kier molecular flexibility index (Phi) is 8.49. The van der Waals surface area contributed by atoms with Gasteiger partial charge in [-0.15, -0.1) is 0 Å². The van der Waals surface area contributed by atoms with Gasteiger partial charge in [0.2, 0.25) is 5.91 Å². The summed E-state index contributed by atoms with van der Waals surface area (Å²) in [7, 11) is 0. The van der Waals surface area contributed by atoms with Crippen molar-refractivity contribution in [2.75, 3.05) is 26.3 Å². The number of nitrogens with zero attached hydrogens (tertiary/aromatic N) is 2. The maximum atomic E-state index is 13.3. The van der Waals surface area contributed by atoms with E-state index in [4.69, 9.17) is 18.9 Å². The molecule has 2 aromatic carbocycles. The first-order valence-corrected chi connectivity index (χ1v) is 17.1. The zero-order chi connectivity index (χ0) is 35.6. The van der Waals surface area contributed by atoms with Gasteiger partial charge in [-0.05, 0) is 72.9 Å². The van der Waals surface area contributed by atoms with E-state index in [0.717, 1.165) is 11.1 Å². The van der Waals surface area contributed by atoms with Crippen LogP contribution < -0.4 is 0 Å². The van der Waals surface area contributed by atoms with E-state index in [1.807, 2.05) is 121 Å². The average molecular weight is 673 g/mol. The van der Waals surface area contributed by atoms with Gasteiger partial charge in [-0.1, -0.05) is 60.7 Å². The van der Waals surface area contributed by atoms with Crippen molar-refractivity contribution in [3.63, 3.8) is 0 Å². The van der Waals surface area contributed by atoms with Gasteiger partial charge in [0, 0.05) is 13.1 Å². The summed E-state index contributed by atoms with van der Waals surface area (Å²) in [5.74, 6) is -0.808. The third kappa shape index (κ3) is 5.81. The number of hydrogen-bond donors (Lipinski definition) is 0. The van der Waals surface area contributed by atoms with Crippen LogP contribution in [0.1, 0.15) is 85.0 Å². The molecule has 2 unspecified atom stereocenters. The molecule has 4 heterocycles. The Morgan fingerprint density at radius 1 is 0.776 bits per heavy atom. The highest BCUT2D eigenvalue weighted by Crippen LogP contribution is 2.70. The molecular formula is C39H48N2O8. The summed E-state index contributed by atoms with van der Waals surface area (Å²) in [4.78, 5) is 55.6. The van der Waals surface area contributed by atoms with Gasteiger partial charge in [-0.2, -0.15) is 0 Å². The number of ether oxygens (including phenoxy) is 4. The highest BCUT2D eigenvalue weighted by molar-refractivity contribution is 6.05. The molecule has 4 aliphatic heterocycles. The molecule has 2 amide bonds. The predicted molar refractivity (Wildman–Crippen MR) is 181 cm³/mol. The first-order chi connectivity index (χ1) is 23.0. The summed E-state index contributed by atoms with van der Waals surface area (Å²) in [6.45, 7) is 16.1. The molecule has 10 heteroatoms. The Balaban J connectivity index is 0.000000170. The highest BCUT2D eigenvalue weighted by Gasteiger charge is 2.84. The Morgan fingerprint density at radius 3 is 1.84 bits per heavy atom. The number of carbonyl (C=O) groups is 4. The molecule has 3 saturated heterocycles. The molecular weight excluding hydrogens is 624 g/mol. The van der Waals surface area contributed by atoms with Gasteiger partial charge in [-0.3, -0.25) is 19.2 Å². The van der Waals surface area contributed by atoms with Crippen molar-refractivity contribution in [3.05, 3.63) is 83.6 Å². The summed E-state index contributed by atoms with van der Waals surface area (Å²) in [5.41, 5.74) is -1.28. The molecule has 0 N–H and O–H groups in total. The van der Waals surface area contributed by atoms with E-state index in [0.29, 0.717) is 18.5 Å². The fraction of sp³-hybridized carbons (Fsp3) is 0.538. The van der Waals surface area contributed by atoms with Gasteiger partial charge < -0.3 is 28.7 Å². The van der Waals surface area contributed by atoms with E-state index in [-0.39, 0.29) is 55.7 Å². The van der Waals surface area contributed by atoms with Gasteiger partial charge in [0.05, 0.1) is 42.0 Å². The van der Waals surface area contributed by atoms with Crippen LogP contribution in [0, 0.1) is 16.2 Å². The van der Waals surface area contributed by atoms with Crippen LogP contribution in [0.5, 0.6) is 0 Å². The quantitative estimate of drug-likeness (QED) is 0.368. The maximum absolute atomic E-state index is 13.3. The number of esters is 2. The summed E-state index contributed by atoms with van der Waals surface area (Å²) in [6.07, 6.45) is 1.91. The van der Waals surface area contributed by atoms with Gasteiger partial charge in [-0.25, -0.2) is 0 Å². The third-order valence-corrected chi connectivity index (χ3v) is 10.4. The van der Waals surface area contributed by atoms with Crippen molar-refractivity contribution in [1.82, 2.24) is 9.80 Å². The predicted octanol–water partition coefficient (Wildman–Crippen LogP) is 5.54. The van der Waals surface area contributed by atoms with Crippen molar-refractivity contribution in [2.45, 2.75) is 91.2 Å². The maximum Gasteiger partial charge on any atom is 0.322 e. The van der Waals surface area contributed by atoms with Gasteiger partial charge in [0.15, 0.2) is 5.41 Å². The van der Waals surface area contributed by atoms with Crippen LogP contribution in [0.2, 0.25) is 0 Å². The zero-order valence-corrected chi connectivity index (χ0v) is 29.8. The minimum atomic E-state index is -1.02. The topological polar surface area (TPSA) is 112 Å². The second-order valence-corrected chi connectivity index (χ2v) is 16.0. The summed E-state index contributed by atoms with van der Waals surface area (Å²) < 4.78 is 22.4. The molecule has 7 rings (SSSR count). The molecule has 6 atom stereocenters. The van der Waals surface area contributed by atoms with E-state index in [1.54, 1.807) is 4.90 Å². The van der Waals surface area contributed by atoms with Crippen LogP contribution in [0.3, 0.4) is 0 Å².